The summed E-state index contributed by atoms with van der Waals surface area (Å²) < 4.78 is 24.8. The molecule has 2 rings (SSSR count). The van der Waals surface area contributed by atoms with Crippen molar-refractivity contribution >= 4 is 15.5 Å². The highest BCUT2D eigenvalue weighted by molar-refractivity contribution is 7.91. The van der Waals surface area contributed by atoms with E-state index in [4.69, 9.17) is 5.73 Å². The van der Waals surface area contributed by atoms with Crippen LogP contribution in [0.1, 0.15) is 13.3 Å². The average molecular weight is 311 g/mol. The average Bonchev–Trinajstić information content (AvgIpc) is 2.48. The van der Waals surface area contributed by atoms with Crippen molar-refractivity contribution in [1.29, 1.82) is 0 Å². The molecule has 118 valence electrons. The van der Waals surface area contributed by atoms with Gasteiger partial charge >= 0.3 is 0 Å². The van der Waals surface area contributed by atoms with E-state index >= 15 is 0 Å². The number of hydrogen-bond acceptors (Lipinski definition) is 5. The van der Waals surface area contributed by atoms with E-state index in [2.05, 4.69) is 9.80 Å². The van der Waals surface area contributed by atoms with Crippen molar-refractivity contribution < 1.29 is 8.42 Å². The van der Waals surface area contributed by atoms with Gasteiger partial charge in [0.1, 0.15) is 0 Å². The van der Waals surface area contributed by atoms with Crippen molar-refractivity contribution in [3.05, 3.63) is 24.3 Å². The molecule has 0 atom stereocenters. The van der Waals surface area contributed by atoms with Gasteiger partial charge in [0.05, 0.1) is 16.3 Å². The van der Waals surface area contributed by atoms with Crippen molar-refractivity contribution in [2.75, 3.05) is 49.9 Å². The van der Waals surface area contributed by atoms with E-state index < -0.39 is 9.84 Å². The molecule has 1 saturated heterocycles. The Morgan fingerprint density at radius 2 is 1.81 bits per heavy atom. The molecule has 5 nitrogen and oxygen atoms in total. The van der Waals surface area contributed by atoms with Crippen LogP contribution in [0.5, 0.6) is 0 Å². The van der Waals surface area contributed by atoms with Gasteiger partial charge in [0.2, 0.25) is 0 Å². The fourth-order valence-corrected chi connectivity index (χ4v) is 4.31. The largest absolute Gasteiger partial charge is 0.368 e. The Hall–Kier alpha value is -1.11. The monoisotopic (exact) mass is 311 g/mol. The van der Waals surface area contributed by atoms with Crippen LogP contribution < -0.4 is 10.6 Å². The van der Waals surface area contributed by atoms with Crippen LogP contribution >= 0.6 is 0 Å². The molecule has 0 amide bonds. The molecule has 0 aliphatic carbocycles. The lowest BCUT2D eigenvalue weighted by atomic mass is 10.2. The van der Waals surface area contributed by atoms with Crippen molar-refractivity contribution in [1.82, 2.24) is 4.90 Å². The van der Waals surface area contributed by atoms with E-state index in [1.165, 1.54) is 0 Å². The van der Waals surface area contributed by atoms with Gasteiger partial charge in [-0.1, -0.05) is 19.1 Å². The summed E-state index contributed by atoms with van der Waals surface area (Å²) in [7, 11) is -3.19. The first-order valence-electron chi connectivity index (χ1n) is 7.57. The number of rotatable bonds is 6. The number of anilines is 1. The molecule has 0 spiro atoms. The van der Waals surface area contributed by atoms with Crippen LogP contribution in [0.3, 0.4) is 0 Å². The molecule has 0 unspecified atom stereocenters. The molecule has 0 radical (unpaired) electrons. The van der Waals surface area contributed by atoms with Gasteiger partial charge < -0.3 is 10.6 Å². The summed E-state index contributed by atoms with van der Waals surface area (Å²) in [5.41, 5.74) is 6.43. The summed E-state index contributed by atoms with van der Waals surface area (Å²) >= 11 is 0. The van der Waals surface area contributed by atoms with Gasteiger partial charge in [-0.25, -0.2) is 8.42 Å². The lowest BCUT2D eigenvalue weighted by molar-refractivity contribution is 0.264. The summed E-state index contributed by atoms with van der Waals surface area (Å²) in [5.74, 6) is 0.206. The highest BCUT2D eigenvalue weighted by Crippen LogP contribution is 2.27. The van der Waals surface area contributed by atoms with Gasteiger partial charge in [-0.3, -0.25) is 4.90 Å². The Labute approximate surface area is 127 Å². The summed E-state index contributed by atoms with van der Waals surface area (Å²) in [6, 6.07) is 7.36. The third kappa shape index (κ3) is 3.96. The zero-order chi connectivity index (χ0) is 15.3. The summed E-state index contributed by atoms with van der Waals surface area (Å²) in [6.07, 6.45) is 0.640. The van der Waals surface area contributed by atoms with Gasteiger partial charge in [0, 0.05) is 39.3 Å². The highest BCUT2D eigenvalue weighted by Gasteiger charge is 2.23. The van der Waals surface area contributed by atoms with Crippen LogP contribution in [-0.2, 0) is 9.84 Å². The molecule has 0 aromatic heterocycles. The maximum atomic E-state index is 12.4. The minimum absolute atomic E-state index is 0.206. The first kappa shape index (κ1) is 16.3. The first-order chi connectivity index (χ1) is 10.1. The minimum atomic E-state index is -3.19. The van der Waals surface area contributed by atoms with E-state index in [0.29, 0.717) is 17.9 Å². The Balaban J connectivity index is 2.18. The standard InChI is InChI=1S/C15H25N3O2S/c1-2-13-21(19,20)15-6-4-3-5-14(15)18-11-9-17(8-7-16)10-12-18/h3-6H,2,7-13,16H2,1H3. The summed E-state index contributed by atoms with van der Waals surface area (Å²) in [5, 5.41) is 0. The molecule has 2 N–H and O–H groups in total. The number of sulfone groups is 1. The second-order valence-corrected chi connectivity index (χ2v) is 7.48. The zero-order valence-electron chi connectivity index (χ0n) is 12.7. The minimum Gasteiger partial charge on any atom is -0.368 e. The predicted octanol–water partition coefficient (Wildman–Crippen LogP) is 0.951. The number of piperazine rings is 1. The molecule has 21 heavy (non-hydrogen) atoms. The second kappa shape index (κ2) is 7.24. The number of nitrogens with two attached hydrogens (primary N) is 1. The Morgan fingerprint density at radius 3 is 2.43 bits per heavy atom. The Bertz CT molecular complexity index is 552. The molecule has 1 aromatic carbocycles. The molecular formula is C15H25N3O2S. The zero-order valence-corrected chi connectivity index (χ0v) is 13.5. The number of benzene rings is 1. The molecule has 1 heterocycles. The van der Waals surface area contributed by atoms with Gasteiger partial charge in [0.15, 0.2) is 9.84 Å². The maximum absolute atomic E-state index is 12.4. The highest BCUT2D eigenvalue weighted by atomic mass is 32.2. The number of para-hydroxylation sites is 1. The van der Waals surface area contributed by atoms with Crippen LogP contribution in [-0.4, -0.2) is 58.3 Å². The molecule has 1 aliphatic rings. The molecule has 0 bridgehead atoms. The molecule has 1 fully saturated rings. The van der Waals surface area contributed by atoms with Crippen LogP contribution in [0, 0.1) is 0 Å². The number of nitrogens with zero attached hydrogens (tertiary/aromatic N) is 2. The first-order valence-corrected chi connectivity index (χ1v) is 9.23. The van der Waals surface area contributed by atoms with E-state index in [1.54, 1.807) is 12.1 Å². The summed E-state index contributed by atoms with van der Waals surface area (Å²) in [6.45, 7) is 7.02. The van der Waals surface area contributed by atoms with Crippen LogP contribution in [0.2, 0.25) is 0 Å². The lowest BCUT2D eigenvalue weighted by Gasteiger charge is -2.36. The summed E-state index contributed by atoms with van der Waals surface area (Å²) in [4.78, 5) is 4.97. The SMILES string of the molecule is CCCS(=O)(=O)c1ccccc1N1CCN(CCN)CC1. The van der Waals surface area contributed by atoms with Crippen molar-refractivity contribution in [3.8, 4) is 0 Å². The quantitative estimate of drug-likeness (QED) is 0.847. The normalized spacial score (nSPS) is 17.1. The fraction of sp³-hybridized carbons (Fsp3) is 0.600. The Kier molecular flexibility index (Phi) is 5.61. The van der Waals surface area contributed by atoms with Gasteiger partial charge in [-0.15, -0.1) is 0 Å². The molecular weight excluding hydrogens is 286 g/mol. The van der Waals surface area contributed by atoms with Crippen LogP contribution in [0.15, 0.2) is 29.2 Å². The van der Waals surface area contributed by atoms with E-state index in [-0.39, 0.29) is 5.75 Å². The van der Waals surface area contributed by atoms with Crippen molar-refractivity contribution in [2.45, 2.75) is 18.2 Å². The van der Waals surface area contributed by atoms with Gasteiger partial charge in [0.25, 0.3) is 0 Å². The second-order valence-electron chi connectivity index (χ2n) is 5.40. The third-order valence-electron chi connectivity index (χ3n) is 3.83. The predicted molar refractivity (Wildman–Crippen MR) is 86.5 cm³/mol. The molecule has 0 saturated carbocycles. The van der Waals surface area contributed by atoms with E-state index in [9.17, 15) is 8.42 Å². The lowest BCUT2D eigenvalue weighted by Crippen LogP contribution is -2.48. The topological polar surface area (TPSA) is 66.6 Å². The van der Waals surface area contributed by atoms with Crippen LogP contribution in [0.25, 0.3) is 0 Å². The van der Waals surface area contributed by atoms with Gasteiger partial charge in [-0.2, -0.15) is 0 Å². The van der Waals surface area contributed by atoms with Crippen molar-refractivity contribution in [2.24, 2.45) is 5.73 Å². The molecule has 1 aromatic rings. The van der Waals surface area contributed by atoms with Gasteiger partial charge in [-0.05, 0) is 18.6 Å². The van der Waals surface area contributed by atoms with E-state index in [0.717, 1.165) is 38.4 Å². The fourth-order valence-electron chi connectivity index (χ4n) is 2.76. The number of hydrogen-bond donors (Lipinski definition) is 1. The Morgan fingerprint density at radius 1 is 1.14 bits per heavy atom. The third-order valence-corrected chi connectivity index (χ3v) is 5.79. The molecule has 1 aliphatic heterocycles. The smallest absolute Gasteiger partial charge is 0.180 e. The van der Waals surface area contributed by atoms with E-state index in [1.807, 2.05) is 19.1 Å². The maximum Gasteiger partial charge on any atom is 0.180 e. The molecule has 6 heteroatoms. The van der Waals surface area contributed by atoms with Crippen LogP contribution in [0.4, 0.5) is 5.69 Å². The van der Waals surface area contributed by atoms with Crippen molar-refractivity contribution in [3.63, 3.8) is 0 Å².